The molecule has 34 heavy (non-hydrogen) atoms. The van der Waals surface area contributed by atoms with E-state index in [1.54, 1.807) is 44.4 Å². The number of benzene rings is 2. The van der Waals surface area contributed by atoms with Crippen LogP contribution in [0.3, 0.4) is 0 Å². The molecular weight excluding hydrogens is 434 g/mol. The average molecular weight is 464 g/mol. The predicted molar refractivity (Wildman–Crippen MR) is 127 cm³/mol. The Kier molecular flexibility index (Phi) is 7.06. The molecule has 0 aliphatic carbocycles. The fraction of sp³-hybridized carbons (Fsp3) is 0.308. The first kappa shape index (κ1) is 23.2. The summed E-state index contributed by atoms with van der Waals surface area (Å²) in [6, 6.07) is 15.9. The van der Waals surface area contributed by atoms with Gasteiger partial charge in [0, 0.05) is 6.54 Å². The summed E-state index contributed by atoms with van der Waals surface area (Å²) in [5.74, 6) is 1.63. The van der Waals surface area contributed by atoms with Gasteiger partial charge >= 0.3 is 6.03 Å². The van der Waals surface area contributed by atoms with E-state index in [-0.39, 0.29) is 24.5 Å². The highest BCUT2D eigenvalue weighted by Gasteiger charge is 2.34. The quantitative estimate of drug-likeness (QED) is 0.558. The van der Waals surface area contributed by atoms with Crippen molar-refractivity contribution in [3.05, 3.63) is 83.3 Å². The highest BCUT2D eigenvalue weighted by molar-refractivity contribution is 5.87. The van der Waals surface area contributed by atoms with E-state index in [2.05, 4.69) is 10.6 Å². The molecule has 2 atom stereocenters. The van der Waals surface area contributed by atoms with Gasteiger partial charge in [-0.05, 0) is 54.3 Å². The van der Waals surface area contributed by atoms with E-state index in [1.165, 1.54) is 0 Å². The molecular formula is C26H29N3O5. The Labute approximate surface area is 198 Å². The lowest BCUT2D eigenvalue weighted by Crippen LogP contribution is -2.52. The first-order valence-corrected chi connectivity index (χ1v) is 11.2. The third kappa shape index (κ3) is 4.85. The molecule has 0 unspecified atom stereocenters. The van der Waals surface area contributed by atoms with Gasteiger partial charge < -0.3 is 29.4 Å². The summed E-state index contributed by atoms with van der Waals surface area (Å²) in [5.41, 5.74) is 3.04. The summed E-state index contributed by atoms with van der Waals surface area (Å²) in [4.78, 5) is 27.7. The van der Waals surface area contributed by atoms with Crippen LogP contribution in [0.5, 0.6) is 11.5 Å². The number of carbonyl (C=O) groups is 2. The number of ether oxygens (including phenoxy) is 2. The maximum absolute atomic E-state index is 13.4. The number of furan rings is 1. The van der Waals surface area contributed by atoms with Gasteiger partial charge in [0.2, 0.25) is 5.91 Å². The van der Waals surface area contributed by atoms with Gasteiger partial charge in [0.1, 0.15) is 11.8 Å². The van der Waals surface area contributed by atoms with Gasteiger partial charge in [0.15, 0.2) is 11.5 Å². The zero-order valence-corrected chi connectivity index (χ0v) is 19.5. The van der Waals surface area contributed by atoms with Crippen LogP contribution >= 0.6 is 0 Å². The van der Waals surface area contributed by atoms with Crippen molar-refractivity contribution in [2.45, 2.75) is 32.0 Å². The molecule has 0 bridgehead atoms. The zero-order chi connectivity index (χ0) is 24.1. The maximum atomic E-state index is 13.4. The number of hydrogen-bond donors (Lipinski definition) is 2. The van der Waals surface area contributed by atoms with Crippen LogP contribution in [0.2, 0.25) is 0 Å². The van der Waals surface area contributed by atoms with Crippen LogP contribution in [0.15, 0.2) is 65.3 Å². The van der Waals surface area contributed by atoms with E-state index < -0.39 is 6.04 Å². The van der Waals surface area contributed by atoms with Gasteiger partial charge in [0.25, 0.3) is 0 Å². The van der Waals surface area contributed by atoms with Crippen molar-refractivity contribution in [2.75, 3.05) is 20.8 Å². The molecule has 0 radical (unpaired) electrons. The normalized spacial score (nSPS) is 15.7. The largest absolute Gasteiger partial charge is 0.493 e. The Morgan fingerprint density at radius 3 is 2.50 bits per heavy atom. The number of nitrogens with zero attached hydrogens (tertiary/aromatic N) is 1. The van der Waals surface area contributed by atoms with E-state index in [4.69, 9.17) is 13.9 Å². The van der Waals surface area contributed by atoms with Crippen LogP contribution < -0.4 is 20.1 Å². The molecule has 0 spiro atoms. The first-order chi connectivity index (χ1) is 16.5. The molecule has 3 aromatic rings. The van der Waals surface area contributed by atoms with E-state index in [1.807, 2.05) is 42.5 Å². The highest BCUT2D eigenvalue weighted by atomic mass is 16.5. The lowest BCUT2D eigenvalue weighted by molar-refractivity contribution is -0.122. The Hall–Kier alpha value is -3.94. The molecule has 4 rings (SSSR count). The summed E-state index contributed by atoms with van der Waals surface area (Å²) in [5, 5.41) is 5.63. The van der Waals surface area contributed by atoms with Crippen molar-refractivity contribution in [1.82, 2.24) is 15.5 Å². The summed E-state index contributed by atoms with van der Waals surface area (Å²) in [7, 11) is 3.21. The summed E-state index contributed by atoms with van der Waals surface area (Å²) in [6.07, 6.45) is 2.21. The number of methoxy groups -OCH3 is 2. The molecule has 8 heteroatoms. The molecule has 0 saturated heterocycles. The molecule has 1 aliphatic heterocycles. The Balaban J connectivity index is 1.56. The minimum Gasteiger partial charge on any atom is -0.493 e. The van der Waals surface area contributed by atoms with Gasteiger partial charge in [-0.1, -0.05) is 30.3 Å². The third-order valence-electron chi connectivity index (χ3n) is 6.00. The fourth-order valence-electron chi connectivity index (χ4n) is 4.23. The van der Waals surface area contributed by atoms with E-state index in [0.29, 0.717) is 30.2 Å². The molecule has 3 amide bonds. The monoisotopic (exact) mass is 463 g/mol. The zero-order valence-electron chi connectivity index (χ0n) is 19.5. The lowest BCUT2D eigenvalue weighted by Gasteiger charge is -2.38. The van der Waals surface area contributed by atoms with Gasteiger partial charge in [-0.25, -0.2) is 4.79 Å². The van der Waals surface area contributed by atoms with E-state index >= 15 is 0 Å². The van der Waals surface area contributed by atoms with Crippen molar-refractivity contribution in [2.24, 2.45) is 0 Å². The smallest absolute Gasteiger partial charge is 0.318 e. The maximum Gasteiger partial charge on any atom is 0.318 e. The molecule has 1 aromatic heterocycles. The third-order valence-corrected chi connectivity index (χ3v) is 6.00. The topological polar surface area (TPSA) is 93.0 Å². The number of fused-ring (bicyclic) bond motifs is 1. The van der Waals surface area contributed by atoms with E-state index in [9.17, 15) is 9.59 Å². The van der Waals surface area contributed by atoms with Gasteiger partial charge in [0.05, 0.1) is 33.1 Å². The second-order valence-corrected chi connectivity index (χ2v) is 8.13. The first-order valence-electron chi connectivity index (χ1n) is 11.2. The van der Waals surface area contributed by atoms with Crippen molar-refractivity contribution >= 4 is 11.9 Å². The Morgan fingerprint density at radius 2 is 1.82 bits per heavy atom. The predicted octanol–water partition coefficient (Wildman–Crippen LogP) is 3.66. The van der Waals surface area contributed by atoms with Crippen molar-refractivity contribution < 1.29 is 23.5 Å². The Bertz CT molecular complexity index is 1130. The Morgan fingerprint density at radius 1 is 1.09 bits per heavy atom. The van der Waals surface area contributed by atoms with Crippen LogP contribution in [-0.2, 0) is 17.8 Å². The van der Waals surface area contributed by atoms with Crippen molar-refractivity contribution in [3.8, 4) is 11.5 Å². The van der Waals surface area contributed by atoms with Crippen LogP contribution in [0.1, 0.15) is 35.4 Å². The molecule has 8 nitrogen and oxygen atoms in total. The number of amides is 3. The average Bonchev–Trinajstić information content (AvgIpc) is 3.39. The molecule has 2 heterocycles. The van der Waals surface area contributed by atoms with Crippen molar-refractivity contribution in [3.63, 3.8) is 0 Å². The summed E-state index contributed by atoms with van der Waals surface area (Å²) < 4.78 is 16.3. The van der Waals surface area contributed by atoms with E-state index in [0.717, 1.165) is 16.7 Å². The standard InChI is InChI=1S/C26H29N3O5/c1-17(25(30)27-16-20-10-7-13-34-20)28-26(31)29-12-11-19-14-22(32-2)23(33-3)15-21(19)24(29)18-8-5-4-6-9-18/h4-10,13-15,17,24H,11-12,16H2,1-3H3,(H,27,30)(H,28,31)/t17-,24+/m0/s1. The highest BCUT2D eigenvalue weighted by Crippen LogP contribution is 2.41. The summed E-state index contributed by atoms with van der Waals surface area (Å²) in [6.45, 7) is 2.42. The number of nitrogens with one attached hydrogen (secondary N) is 2. The second kappa shape index (κ2) is 10.3. The molecule has 178 valence electrons. The number of rotatable bonds is 7. The van der Waals surface area contributed by atoms with Gasteiger partial charge in [-0.15, -0.1) is 0 Å². The summed E-state index contributed by atoms with van der Waals surface area (Å²) >= 11 is 0. The van der Waals surface area contributed by atoms with Crippen LogP contribution in [-0.4, -0.2) is 43.6 Å². The fourth-order valence-corrected chi connectivity index (χ4v) is 4.23. The molecule has 2 N–H and O–H groups in total. The minimum atomic E-state index is -0.717. The minimum absolute atomic E-state index is 0.261. The van der Waals surface area contributed by atoms with Crippen molar-refractivity contribution in [1.29, 1.82) is 0 Å². The molecule has 1 aliphatic rings. The molecule has 0 saturated carbocycles. The van der Waals surface area contributed by atoms with Gasteiger partial charge in [-0.2, -0.15) is 0 Å². The van der Waals surface area contributed by atoms with Crippen LogP contribution in [0, 0.1) is 0 Å². The second-order valence-electron chi connectivity index (χ2n) is 8.13. The number of carbonyl (C=O) groups excluding carboxylic acids is 2. The van der Waals surface area contributed by atoms with Crippen LogP contribution in [0.25, 0.3) is 0 Å². The van der Waals surface area contributed by atoms with Crippen LogP contribution in [0.4, 0.5) is 4.79 Å². The number of hydrogen-bond acceptors (Lipinski definition) is 5. The van der Waals surface area contributed by atoms with Gasteiger partial charge in [-0.3, -0.25) is 4.79 Å². The SMILES string of the molecule is COc1cc2c(cc1OC)[C@@H](c1ccccc1)N(C(=O)N[C@@H](C)C(=O)NCc1ccco1)CC2. The molecule has 2 aromatic carbocycles. The molecule has 0 fully saturated rings. The lowest BCUT2D eigenvalue weighted by atomic mass is 9.88. The number of urea groups is 1.